The fraction of sp³-hybridized carbons (Fsp3) is 0.318. The van der Waals surface area contributed by atoms with Gasteiger partial charge in [0.1, 0.15) is 17.5 Å². The summed E-state index contributed by atoms with van der Waals surface area (Å²) >= 11 is 0. The molecule has 0 radical (unpaired) electrons. The van der Waals surface area contributed by atoms with Crippen molar-refractivity contribution in [2.75, 3.05) is 45.3 Å². The van der Waals surface area contributed by atoms with E-state index >= 15 is 0 Å². The minimum absolute atomic E-state index is 0.666. The van der Waals surface area contributed by atoms with Gasteiger partial charge in [0, 0.05) is 49.0 Å². The highest BCUT2D eigenvalue weighted by Crippen LogP contribution is 2.34. The Kier molecular flexibility index (Phi) is 5.31. The number of hydrogen-bond acceptors (Lipinski definition) is 5. The van der Waals surface area contributed by atoms with Crippen molar-refractivity contribution in [1.82, 2.24) is 9.88 Å². The normalized spacial score (nSPS) is 16.0. The summed E-state index contributed by atoms with van der Waals surface area (Å²) in [5.74, 6) is 0.696. The van der Waals surface area contributed by atoms with Crippen LogP contribution in [0.5, 0.6) is 11.5 Å². The molecule has 1 aliphatic rings. The van der Waals surface area contributed by atoms with Crippen LogP contribution in [0.3, 0.4) is 0 Å². The monoisotopic (exact) mass is 395 g/mol. The molecule has 1 fully saturated rings. The van der Waals surface area contributed by atoms with Crippen molar-refractivity contribution in [2.45, 2.75) is 6.04 Å². The predicted octanol–water partition coefficient (Wildman–Crippen LogP) is 3.13. The first-order valence-corrected chi connectivity index (χ1v) is 9.62. The number of piperazine rings is 1. The van der Waals surface area contributed by atoms with E-state index in [2.05, 4.69) is 9.88 Å². The quantitative estimate of drug-likeness (QED) is 0.668. The molecule has 2 N–H and O–H groups in total. The first-order chi connectivity index (χ1) is 14.1. The van der Waals surface area contributed by atoms with Crippen LogP contribution in [0.1, 0.15) is 11.6 Å². The van der Waals surface area contributed by atoms with Gasteiger partial charge < -0.3 is 24.5 Å². The van der Waals surface area contributed by atoms with Gasteiger partial charge in [0.05, 0.1) is 19.7 Å². The number of carboxylic acids is 1. The molecule has 1 aliphatic heterocycles. The van der Waals surface area contributed by atoms with E-state index in [0.29, 0.717) is 18.8 Å². The third-order valence-electron chi connectivity index (χ3n) is 5.57. The highest BCUT2D eigenvalue weighted by molar-refractivity contribution is 5.92. The number of H-pyrrole nitrogens is 1. The van der Waals surface area contributed by atoms with E-state index < -0.39 is 12.0 Å². The summed E-state index contributed by atoms with van der Waals surface area (Å²) in [7, 11) is 3.27. The molecule has 3 aromatic rings. The second-order valence-electron chi connectivity index (χ2n) is 7.09. The lowest BCUT2D eigenvalue weighted by Gasteiger charge is -2.38. The van der Waals surface area contributed by atoms with Crippen molar-refractivity contribution in [3.05, 3.63) is 54.2 Å². The molecule has 0 saturated carbocycles. The minimum Gasteiger partial charge on any atom is -0.497 e. The number of aromatic amines is 1. The lowest BCUT2D eigenvalue weighted by atomic mass is 10.0. The minimum atomic E-state index is -0.841. The molecule has 29 heavy (non-hydrogen) atoms. The van der Waals surface area contributed by atoms with Crippen LogP contribution in [0.2, 0.25) is 0 Å². The van der Waals surface area contributed by atoms with E-state index in [4.69, 9.17) is 9.47 Å². The zero-order chi connectivity index (χ0) is 20.4. The van der Waals surface area contributed by atoms with Gasteiger partial charge in [-0.2, -0.15) is 0 Å². The summed E-state index contributed by atoms with van der Waals surface area (Å²) in [5, 5.41) is 10.9. The third-order valence-corrected chi connectivity index (χ3v) is 5.57. The van der Waals surface area contributed by atoms with Crippen molar-refractivity contribution in [1.29, 1.82) is 0 Å². The first-order valence-electron chi connectivity index (χ1n) is 9.62. The Morgan fingerprint density at radius 3 is 2.38 bits per heavy atom. The van der Waals surface area contributed by atoms with Crippen LogP contribution in [-0.4, -0.2) is 61.4 Å². The Morgan fingerprint density at radius 1 is 1.03 bits per heavy atom. The van der Waals surface area contributed by atoms with Crippen LogP contribution in [-0.2, 0) is 4.79 Å². The Bertz CT molecular complexity index is 991. The molecule has 2 aromatic carbocycles. The van der Waals surface area contributed by atoms with Gasteiger partial charge in [0.2, 0.25) is 0 Å². The van der Waals surface area contributed by atoms with E-state index in [1.807, 2.05) is 47.4 Å². The van der Waals surface area contributed by atoms with E-state index in [9.17, 15) is 9.90 Å². The molecular formula is C22H25N3O4. The molecule has 0 amide bonds. The molecule has 1 aromatic heterocycles. The van der Waals surface area contributed by atoms with Crippen molar-refractivity contribution in [3.63, 3.8) is 0 Å². The zero-order valence-corrected chi connectivity index (χ0v) is 16.6. The maximum Gasteiger partial charge on any atom is 0.325 e. The molecule has 4 rings (SSSR count). The molecule has 152 valence electrons. The Morgan fingerprint density at radius 2 is 1.76 bits per heavy atom. The number of nitrogens with one attached hydrogen (secondary N) is 1. The van der Waals surface area contributed by atoms with Gasteiger partial charge in [-0.1, -0.05) is 12.1 Å². The van der Waals surface area contributed by atoms with Gasteiger partial charge in [-0.15, -0.1) is 0 Å². The number of benzene rings is 2. The number of para-hydroxylation sites is 1. The van der Waals surface area contributed by atoms with E-state index in [1.165, 1.54) is 0 Å². The van der Waals surface area contributed by atoms with Gasteiger partial charge in [-0.3, -0.25) is 9.69 Å². The Labute approximate surface area is 169 Å². The third kappa shape index (κ3) is 3.61. The van der Waals surface area contributed by atoms with E-state index in [1.54, 1.807) is 20.4 Å². The van der Waals surface area contributed by atoms with Crippen LogP contribution in [0, 0.1) is 0 Å². The number of rotatable bonds is 6. The number of fused-ring (bicyclic) bond motifs is 1. The number of aliphatic carboxylic acids is 1. The Hall–Kier alpha value is -3.19. The molecule has 0 bridgehead atoms. The van der Waals surface area contributed by atoms with Crippen LogP contribution in [0.25, 0.3) is 10.9 Å². The number of hydrogen-bond donors (Lipinski definition) is 2. The van der Waals surface area contributed by atoms with Crippen molar-refractivity contribution >= 4 is 22.6 Å². The molecule has 7 nitrogen and oxygen atoms in total. The SMILES string of the molecule is COc1ccc(N2CCN([C@H](C(=O)O)c3c[nH]c4c(OC)cccc34)CC2)cc1. The smallest absolute Gasteiger partial charge is 0.325 e. The average molecular weight is 395 g/mol. The maximum atomic E-state index is 12.2. The molecule has 7 heteroatoms. The molecule has 0 unspecified atom stereocenters. The van der Waals surface area contributed by atoms with Gasteiger partial charge in [-0.05, 0) is 30.3 Å². The maximum absolute atomic E-state index is 12.2. The van der Waals surface area contributed by atoms with Crippen LogP contribution >= 0.6 is 0 Å². The average Bonchev–Trinajstić information content (AvgIpc) is 3.18. The highest BCUT2D eigenvalue weighted by Gasteiger charge is 2.32. The first kappa shape index (κ1) is 19.1. The number of ether oxygens (including phenoxy) is 2. The van der Waals surface area contributed by atoms with Gasteiger partial charge >= 0.3 is 5.97 Å². The standard InChI is InChI=1S/C22H25N3O4/c1-28-16-8-6-15(7-9-16)24-10-12-25(13-11-24)21(22(26)27)18-14-23-20-17(18)4-3-5-19(20)29-2/h3-9,14,21,23H,10-13H2,1-2H3,(H,26,27)/t21-/m0/s1. The highest BCUT2D eigenvalue weighted by atomic mass is 16.5. The largest absolute Gasteiger partial charge is 0.497 e. The van der Waals surface area contributed by atoms with E-state index in [0.717, 1.165) is 41.0 Å². The number of aromatic nitrogens is 1. The van der Waals surface area contributed by atoms with Gasteiger partial charge in [0.25, 0.3) is 0 Å². The topological polar surface area (TPSA) is 78.0 Å². The number of anilines is 1. The summed E-state index contributed by atoms with van der Waals surface area (Å²) in [5.41, 5.74) is 2.71. The lowest BCUT2D eigenvalue weighted by Crippen LogP contribution is -2.49. The number of nitrogens with zero attached hydrogens (tertiary/aromatic N) is 2. The lowest BCUT2D eigenvalue weighted by molar-refractivity contribution is -0.143. The fourth-order valence-electron chi connectivity index (χ4n) is 4.06. The second-order valence-corrected chi connectivity index (χ2v) is 7.09. The van der Waals surface area contributed by atoms with Gasteiger partial charge in [0.15, 0.2) is 0 Å². The summed E-state index contributed by atoms with van der Waals surface area (Å²) in [6.07, 6.45) is 1.79. The van der Waals surface area contributed by atoms with Crippen LogP contribution in [0.15, 0.2) is 48.7 Å². The summed E-state index contributed by atoms with van der Waals surface area (Å²) in [6.45, 7) is 2.86. The zero-order valence-electron chi connectivity index (χ0n) is 16.6. The van der Waals surface area contributed by atoms with Crippen LogP contribution in [0.4, 0.5) is 5.69 Å². The Balaban J connectivity index is 1.54. The predicted molar refractivity (Wildman–Crippen MR) is 112 cm³/mol. The van der Waals surface area contributed by atoms with Crippen LogP contribution < -0.4 is 14.4 Å². The molecule has 0 aliphatic carbocycles. The summed E-state index contributed by atoms with van der Waals surface area (Å²) < 4.78 is 10.6. The van der Waals surface area contributed by atoms with Crippen molar-refractivity contribution in [3.8, 4) is 11.5 Å². The second kappa shape index (κ2) is 8.05. The fourth-order valence-corrected chi connectivity index (χ4v) is 4.06. The molecular weight excluding hydrogens is 370 g/mol. The number of carboxylic acid groups (broad SMARTS) is 1. The summed E-state index contributed by atoms with van der Waals surface area (Å²) in [4.78, 5) is 19.7. The molecule has 2 heterocycles. The van der Waals surface area contributed by atoms with E-state index in [-0.39, 0.29) is 0 Å². The summed E-state index contributed by atoms with van der Waals surface area (Å²) in [6, 6.07) is 13.0. The molecule has 1 atom stereocenters. The van der Waals surface area contributed by atoms with Gasteiger partial charge in [-0.25, -0.2) is 0 Å². The number of carbonyl (C=O) groups is 1. The van der Waals surface area contributed by atoms with Crippen molar-refractivity contribution in [2.24, 2.45) is 0 Å². The molecule has 0 spiro atoms. The van der Waals surface area contributed by atoms with Crippen molar-refractivity contribution < 1.29 is 19.4 Å². The number of methoxy groups -OCH3 is 2. The molecule has 1 saturated heterocycles.